The van der Waals surface area contributed by atoms with Crippen LogP contribution in [-0.4, -0.2) is 20.3 Å². The van der Waals surface area contributed by atoms with Crippen LogP contribution in [0, 0.1) is 5.92 Å². The first kappa shape index (κ1) is 9.19. The Kier molecular flexibility index (Phi) is 3.22. The Labute approximate surface area is 72.0 Å². The monoisotopic (exact) mass is 169 g/mol. The van der Waals surface area contributed by atoms with Gasteiger partial charge in [0.1, 0.15) is 12.4 Å². The van der Waals surface area contributed by atoms with Crippen molar-refractivity contribution in [2.24, 2.45) is 5.92 Å². The molecule has 0 aliphatic heterocycles. The number of rotatable bonds is 4. The van der Waals surface area contributed by atoms with Gasteiger partial charge in [-0.05, 0) is 12.3 Å². The molecule has 2 N–H and O–H groups in total. The van der Waals surface area contributed by atoms with Gasteiger partial charge in [0.25, 0.3) is 0 Å². The number of hydrogen-bond donors (Lipinski definition) is 2. The fraction of sp³-hybridized carbons (Fsp3) is 0.750. The average molecular weight is 169 g/mol. The quantitative estimate of drug-likeness (QED) is 0.713. The van der Waals surface area contributed by atoms with E-state index in [0.717, 1.165) is 12.8 Å². The van der Waals surface area contributed by atoms with Gasteiger partial charge in [-0.15, -0.1) is 0 Å². The van der Waals surface area contributed by atoms with Gasteiger partial charge in [0, 0.05) is 0 Å². The third kappa shape index (κ3) is 2.30. The van der Waals surface area contributed by atoms with Crippen LogP contribution in [0.25, 0.3) is 0 Å². The first-order valence-electron chi connectivity index (χ1n) is 4.27. The molecule has 0 aromatic carbocycles. The second kappa shape index (κ2) is 4.21. The van der Waals surface area contributed by atoms with E-state index in [1.54, 1.807) is 0 Å². The molecule has 12 heavy (non-hydrogen) atoms. The summed E-state index contributed by atoms with van der Waals surface area (Å²) in [5.41, 5.74) is 0. The Morgan fingerprint density at radius 1 is 1.67 bits per heavy atom. The van der Waals surface area contributed by atoms with Crippen molar-refractivity contribution in [2.75, 3.05) is 0 Å². The minimum absolute atomic E-state index is 0.498. The van der Waals surface area contributed by atoms with Gasteiger partial charge in [0.05, 0.1) is 0 Å². The highest BCUT2D eigenvalue weighted by Gasteiger charge is 2.13. The number of aromatic nitrogens is 3. The standard InChI is InChI=1S/C8H15N3O/c1-3-6(2)4-7(12)8-9-5-10-11-8/h5-7,12H,3-4H2,1-2H3,(H,9,10,11). The molecule has 68 valence electrons. The van der Waals surface area contributed by atoms with Crippen molar-refractivity contribution in [2.45, 2.75) is 32.8 Å². The highest BCUT2D eigenvalue weighted by molar-refractivity contribution is 4.86. The molecule has 0 saturated heterocycles. The molecule has 0 aliphatic carbocycles. The fourth-order valence-corrected chi connectivity index (χ4v) is 1.03. The molecule has 4 heteroatoms. The first-order valence-corrected chi connectivity index (χ1v) is 4.27. The molecule has 0 saturated carbocycles. The van der Waals surface area contributed by atoms with Crippen LogP contribution in [0.5, 0.6) is 0 Å². The lowest BCUT2D eigenvalue weighted by atomic mass is 10.0. The second-order valence-electron chi connectivity index (χ2n) is 3.14. The lowest BCUT2D eigenvalue weighted by Gasteiger charge is -2.11. The zero-order valence-corrected chi connectivity index (χ0v) is 7.49. The van der Waals surface area contributed by atoms with Gasteiger partial charge in [-0.25, -0.2) is 4.98 Å². The lowest BCUT2D eigenvalue weighted by molar-refractivity contribution is 0.138. The van der Waals surface area contributed by atoms with Crippen molar-refractivity contribution in [3.63, 3.8) is 0 Å². The number of nitrogens with zero attached hydrogens (tertiary/aromatic N) is 2. The summed E-state index contributed by atoms with van der Waals surface area (Å²) in [6, 6.07) is 0. The van der Waals surface area contributed by atoms with Gasteiger partial charge in [0.15, 0.2) is 5.82 Å². The molecule has 0 amide bonds. The summed E-state index contributed by atoms with van der Waals surface area (Å²) in [4.78, 5) is 3.89. The molecule has 2 unspecified atom stereocenters. The van der Waals surface area contributed by atoms with Crippen molar-refractivity contribution >= 4 is 0 Å². The van der Waals surface area contributed by atoms with Crippen LogP contribution < -0.4 is 0 Å². The maximum Gasteiger partial charge on any atom is 0.153 e. The number of aliphatic hydroxyl groups is 1. The summed E-state index contributed by atoms with van der Waals surface area (Å²) in [5.74, 6) is 1.08. The first-order chi connectivity index (χ1) is 5.74. The Hall–Kier alpha value is -0.900. The summed E-state index contributed by atoms with van der Waals surface area (Å²) in [5, 5.41) is 15.9. The Morgan fingerprint density at radius 3 is 2.92 bits per heavy atom. The topological polar surface area (TPSA) is 61.8 Å². The van der Waals surface area contributed by atoms with Crippen molar-refractivity contribution in [3.8, 4) is 0 Å². The van der Waals surface area contributed by atoms with E-state index >= 15 is 0 Å². The van der Waals surface area contributed by atoms with Gasteiger partial charge < -0.3 is 5.11 Å². The molecule has 1 aromatic rings. The van der Waals surface area contributed by atoms with E-state index in [9.17, 15) is 5.11 Å². The van der Waals surface area contributed by atoms with Crippen LogP contribution in [0.4, 0.5) is 0 Å². The number of aliphatic hydroxyl groups excluding tert-OH is 1. The van der Waals surface area contributed by atoms with Crippen molar-refractivity contribution in [3.05, 3.63) is 12.2 Å². The van der Waals surface area contributed by atoms with Crippen LogP contribution in [-0.2, 0) is 0 Å². The summed E-state index contributed by atoms with van der Waals surface area (Å²) in [7, 11) is 0. The molecular weight excluding hydrogens is 154 g/mol. The van der Waals surface area contributed by atoms with E-state index in [1.165, 1.54) is 6.33 Å². The third-order valence-corrected chi connectivity index (χ3v) is 2.07. The molecule has 1 rings (SSSR count). The fourth-order valence-electron chi connectivity index (χ4n) is 1.03. The van der Waals surface area contributed by atoms with Gasteiger partial charge in [-0.2, -0.15) is 5.10 Å². The highest BCUT2D eigenvalue weighted by atomic mass is 16.3. The lowest BCUT2D eigenvalue weighted by Crippen LogP contribution is -2.05. The van der Waals surface area contributed by atoms with Crippen molar-refractivity contribution in [1.82, 2.24) is 15.2 Å². The molecular formula is C8H15N3O. The normalized spacial score (nSPS) is 15.9. The van der Waals surface area contributed by atoms with Gasteiger partial charge in [-0.1, -0.05) is 20.3 Å². The molecule has 0 spiro atoms. The molecule has 0 aliphatic rings. The maximum atomic E-state index is 9.58. The number of aromatic amines is 1. The molecule has 0 radical (unpaired) electrons. The predicted octanol–water partition coefficient (Wildman–Crippen LogP) is 1.27. The summed E-state index contributed by atoms with van der Waals surface area (Å²) in [6.07, 6.45) is 2.73. The van der Waals surface area contributed by atoms with Crippen molar-refractivity contribution in [1.29, 1.82) is 0 Å². The molecule has 4 nitrogen and oxygen atoms in total. The van der Waals surface area contributed by atoms with E-state index in [1.807, 2.05) is 0 Å². The molecule has 1 aromatic heterocycles. The predicted molar refractivity (Wildman–Crippen MR) is 45.4 cm³/mol. The van der Waals surface area contributed by atoms with E-state index in [-0.39, 0.29) is 0 Å². The Bertz CT molecular complexity index is 210. The van der Waals surface area contributed by atoms with Crippen molar-refractivity contribution < 1.29 is 5.11 Å². The van der Waals surface area contributed by atoms with E-state index in [0.29, 0.717) is 11.7 Å². The number of nitrogens with one attached hydrogen (secondary N) is 1. The molecule has 2 atom stereocenters. The zero-order valence-electron chi connectivity index (χ0n) is 7.49. The minimum atomic E-state index is -0.498. The summed E-state index contributed by atoms with van der Waals surface area (Å²) < 4.78 is 0. The van der Waals surface area contributed by atoms with E-state index in [4.69, 9.17) is 0 Å². The third-order valence-electron chi connectivity index (χ3n) is 2.07. The largest absolute Gasteiger partial charge is 0.385 e. The smallest absolute Gasteiger partial charge is 0.153 e. The number of H-pyrrole nitrogens is 1. The van der Waals surface area contributed by atoms with Crippen LogP contribution in [0.2, 0.25) is 0 Å². The van der Waals surface area contributed by atoms with Crippen LogP contribution in [0.3, 0.4) is 0 Å². The molecule has 0 bridgehead atoms. The van der Waals surface area contributed by atoms with Gasteiger partial charge in [-0.3, -0.25) is 5.10 Å². The summed E-state index contributed by atoms with van der Waals surface area (Å²) in [6.45, 7) is 4.22. The molecule has 0 fully saturated rings. The highest BCUT2D eigenvalue weighted by Crippen LogP contribution is 2.18. The maximum absolute atomic E-state index is 9.58. The summed E-state index contributed by atoms with van der Waals surface area (Å²) >= 11 is 0. The van der Waals surface area contributed by atoms with E-state index < -0.39 is 6.10 Å². The second-order valence-corrected chi connectivity index (χ2v) is 3.14. The average Bonchev–Trinajstić information content (AvgIpc) is 2.56. The Balaban J connectivity index is 2.44. The SMILES string of the molecule is CCC(C)CC(O)c1ncn[nH]1. The number of hydrogen-bond acceptors (Lipinski definition) is 3. The van der Waals surface area contributed by atoms with E-state index in [2.05, 4.69) is 29.0 Å². The van der Waals surface area contributed by atoms with Gasteiger partial charge >= 0.3 is 0 Å². The van der Waals surface area contributed by atoms with Crippen LogP contribution in [0.1, 0.15) is 38.6 Å². The Morgan fingerprint density at radius 2 is 2.42 bits per heavy atom. The van der Waals surface area contributed by atoms with Crippen LogP contribution in [0.15, 0.2) is 6.33 Å². The van der Waals surface area contributed by atoms with Crippen LogP contribution >= 0.6 is 0 Å². The zero-order chi connectivity index (χ0) is 8.97. The molecule has 1 heterocycles. The minimum Gasteiger partial charge on any atom is -0.385 e. The van der Waals surface area contributed by atoms with Gasteiger partial charge in [0.2, 0.25) is 0 Å².